The summed E-state index contributed by atoms with van der Waals surface area (Å²) in [5.74, 6) is 0.308. The molecule has 1 heterocycles. The average Bonchev–Trinajstić information content (AvgIpc) is 3.07. The van der Waals surface area contributed by atoms with Crippen molar-refractivity contribution in [2.75, 3.05) is 5.32 Å². The first-order valence-corrected chi connectivity index (χ1v) is 6.06. The molecule has 0 spiro atoms. The molecule has 1 aliphatic carbocycles. The van der Waals surface area contributed by atoms with Gasteiger partial charge in [-0.2, -0.15) is 0 Å². The summed E-state index contributed by atoms with van der Waals surface area (Å²) in [5.41, 5.74) is 2.62. The zero-order valence-corrected chi connectivity index (χ0v) is 9.88. The number of aryl methyl sites for hydroxylation is 1. The molecule has 3 heteroatoms. The summed E-state index contributed by atoms with van der Waals surface area (Å²) in [7, 11) is 0. The number of rotatable bonds is 2. The molecule has 0 radical (unpaired) electrons. The molecule has 1 fully saturated rings. The zero-order valence-electron chi connectivity index (χ0n) is 9.88. The number of hydrogen-bond donors (Lipinski definition) is 1. The Hall–Kier alpha value is -1.64. The first-order valence-electron chi connectivity index (χ1n) is 6.06. The molecule has 1 N–H and O–H groups in total. The largest absolute Gasteiger partial charge is 0.326 e. The maximum Gasteiger partial charge on any atom is 0.224 e. The maximum atomic E-state index is 12.2. The molecule has 1 aliphatic heterocycles. The fraction of sp³-hybridized carbons (Fsp3) is 0.429. The third-order valence-corrected chi connectivity index (χ3v) is 3.81. The van der Waals surface area contributed by atoms with Gasteiger partial charge in [0, 0.05) is 23.1 Å². The van der Waals surface area contributed by atoms with E-state index in [-0.39, 0.29) is 17.1 Å². The predicted octanol–water partition coefficient (Wildman–Crippen LogP) is 2.55. The molecule has 1 amide bonds. The van der Waals surface area contributed by atoms with Crippen LogP contribution in [-0.4, -0.2) is 11.7 Å². The predicted molar refractivity (Wildman–Crippen MR) is 65.1 cm³/mol. The summed E-state index contributed by atoms with van der Waals surface area (Å²) in [6, 6.07) is 5.63. The highest BCUT2D eigenvalue weighted by Gasteiger charge is 2.45. The Kier molecular flexibility index (Phi) is 2.12. The van der Waals surface area contributed by atoms with E-state index in [1.165, 1.54) is 0 Å². The number of anilines is 1. The lowest BCUT2D eigenvalue weighted by molar-refractivity contribution is -0.116. The van der Waals surface area contributed by atoms with E-state index in [0.29, 0.717) is 6.42 Å². The number of Topliss-reactive ketones (excluding diaryl/α,β-unsaturated/α-hetero) is 1. The number of carbonyl (C=O) groups is 2. The highest BCUT2D eigenvalue weighted by Crippen LogP contribution is 2.47. The Bertz CT molecular complexity index is 515. The Balaban J connectivity index is 1.93. The molecule has 1 aromatic carbocycles. The molecule has 88 valence electrons. The van der Waals surface area contributed by atoms with Crippen molar-refractivity contribution in [2.45, 2.75) is 32.6 Å². The van der Waals surface area contributed by atoms with E-state index in [1.807, 2.05) is 25.1 Å². The van der Waals surface area contributed by atoms with Crippen LogP contribution in [0.3, 0.4) is 0 Å². The molecule has 3 rings (SSSR count). The zero-order chi connectivity index (χ0) is 12.0. The van der Waals surface area contributed by atoms with Crippen LogP contribution in [0.4, 0.5) is 5.69 Å². The number of fused-ring (bicyclic) bond motifs is 1. The SMILES string of the molecule is CC1(C(=O)c2ccc3c(c2)CCC(=O)N3)CC1. The molecule has 3 nitrogen and oxygen atoms in total. The van der Waals surface area contributed by atoms with E-state index in [4.69, 9.17) is 0 Å². The van der Waals surface area contributed by atoms with Gasteiger partial charge < -0.3 is 5.32 Å². The van der Waals surface area contributed by atoms with Crippen molar-refractivity contribution in [1.29, 1.82) is 0 Å². The number of amides is 1. The highest BCUT2D eigenvalue weighted by atomic mass is 16.1. The van der Waals surface area contributed by atoms with Gasteiger partial charge in [-0.15, -0.1) is 0 Å². The minimum absolute atomic E-state index is 0.0609. The van der Waals surface area contributed by atoms with E-state index in [2.05, 4.69) is 5.32 Å². The first kappa shape index (κ1) is 10.5. The number of carbonyl (C=O) groups excluding carboxylic acids is 2. The van der Waals surface area contributed by atoms with Crippen molar-refractivity contribution in [3.8, 4) is 0 Å². The van der Waals surface area contributed by atoms with Crippen molar-refractivity contribution < 1.29 is 9.59 Å². The van der Waals surface area contributed by atoms with Gasteiger partial charge in [0.15, 0.2) is 5.78 Å². The monoisotopic (exact) mass is 229 g/mol. The van der Waals surface area contributed by atoms with Gasteiger partial charge in [-0.1, -0.05) is 6.92 Å². The Morgan fingerprint density at radius 3 is 2.76 bits per heavy atom. The van der Waals surface area contributed by atoms with E-state index >= 15 is 0 Å². The number of ketones is 1. The topological polar surface area (TPSA) is 46.2 Å². The number of benzene rings is 1. The van der Waals surface area contributed by atoms with Gasteiger partial charge in [-0.05, 0) is 43.0 Å². The summed E-state index contributed by atoms with van der Waals surface area (Å²) < 4.78 is 0. The van der Waals surface area contributed by atoms with Crippen LogP contribution in [0.5, 0.6) is 0 Å². The quantitative estimate of drug-likeness (QED) is 0.792. The molecular formula is C14H15NO2. The minimum atomic E-state index is -0.119. The van der Waals surface area contributed by atoms with Crippen LogP contribution in [-0.2, 0) is 11.2 Å². The Morgan fingerprint density at radius 1 is 1.29 bits per heavy atom. The third kappa shape index (κ3) is 1.75. The minimum Gasteiger partial charge on any atom is -0.326 e. The van der Waals surface area contributed by atoms with Crippen LogP contribution in [0, 0.1) is 5.41 Å². The molecule has 0 saturated heterocycles. The number of hydrogen-bond acceptors (Lipinski definition) is 2. The molecule has 0 atom stereocenters. The van der Waals surface area contributed by atoms with Gasteiger partial charge in [0.25, 0.3) is 0 Å². The lowest BCUT2D eigenvalue weighted by Gasteiger charge is -2.18. The van der Waals surface area contributed by atoms with Gasteiger partial charge in [0.1, 0.15) is 0 Å². The Morgan fingerprint density at radius 2 is 2.06 bits per heavy atom. The van der Waals surface area contributed by atoms with Crippen LogP contribution in [0.15, 0.2) is 18.2 Å². The van der Waals surface area contributed by atoms with Crippen LogP contribution in [0.1, 0.15) is 42.1 Å². The van der Waals surface area contributed by atoms with Gasteiger partial charge in [0.05, 0.1) is 0 Å². The normalized spacial score (nSPS) is 20.4. The van der Waals surface area contributed by atoms with E-state index in [1.54, 1.807) is 0 Å². The van der Waals surface area contributed by atoms with E-state index in [0.717, 1.165) is 36.1 Å². The van der Waals surface area contributed by atoms with Crippen LogP contribution in [0.25, 0.3) is 0 Å². The molecule has 0 unspecified atom stereocenters. The van der Waals surface area contributed by atoms with Gasteiger partial charge >= 0.3 is 0 Å². The lowest BCUT2D eigenvalue weighted by Crippen LogP contribution is -2.20. The van der Waals surface area contributed by atoms with Gasteiger partial charge in [-0.25, -0.2) is 0 Å². The summed E-state index contributed by atoms with van der Waals surface area (Å²) in [5, 5.41) is 2.83. The van der Waals surface area contributed by atoms with Crippen LogP contribution < -0.4 is 5.32 Å². The smallest absolute Gasteiger partial charge is 0.224 e. The molecule has 0 bridgehead atoms. The van der Waals surface area contributed by atoms with Crippen molar-refractivity contribution in [3.63, 3.8) is 0 Å². The summed E-state index contributed by atoms with van der Waals surface area (Å²) in [6.07, 6.45) is 3.25. The second kappa shape index (κ2) is 3.42. The first-order chi connectivity index (χ1) is 8.08. The summed E-state index contributed by atoms with van der Waals surface area (Å²) in [6.45, 7) is 2.02. The standard InChI is InChI=1S/C14H15NO2/c1-14(6-7-14)13(17)10-2-4-11-9(8-10)3-5-12(16)15-11/h2,4,8H,3,5-7H2,1H3,(H,15,16). The molecule has 1 aromatic rings. The second-order valence-electron chi connectivity index (χ2n) is 5.31. The van der Waals surface area contributed by atoms with Crippen LogP contribution in [0.2, 0.25) is 0 Å². The number of nitrogens with one attached hydrogen (secondary N) is 1. The van der Waals surface area contributed by atoms with E-state index < -0.39 is 0 Å². The van der Waals surface area contributed by atoms with Crippen LogP contribution >= 0.6 is 0 Å². The van der Waals surface area contributed by atoms with Crippen molar-refractivity contribution in [2.24, 2.45) is 5.41 Å². The fourth-order valence-electron chi connectivity index (χ4n) is 2.29. The van der Waals surface area contributed by atoms with Crippen molar-refractivity contribution in [1.82, 2.24) is 0 Å². The Labute approximate surface area is 100 Å². The molecule has 0 aromatic heterocycles. The summed E-state index contributed by atoms with van der Waals surface area (Å²) >= 11 is 0. The molecule has 1 saturated carbocycles. The fourth-order valence-corrected chi connectivity index (χ4v) is 2.29. The summed E-state index contributed by atoms with van der Waals surface area (Å²) in [4.78, 5) is 23.4. The van der Waals surface area contributed by atoms with Gasteiger partial charge in [-0.3, -0.25) is 9.59 Å². The highest BCUT2D eigenvalue weighted by molar-refractivity contribution is 6.03. The lowest BCUT2D eigenvalue weighted by atomic mass is 9.93. The molecule has 17 heavy (non-hydrogen) atoms. The molecular weight excluding hydrogens is 214 g/mol. The average molecular weight is 229 g/mol. The molecule has 2 aliphatic rings. The second-order valence-corrected chi connectivity index (χ2v) is 5.31. The van der Waals surface area contributed by atoms with E-state index in [9.17, 15) is 9.59 Å². The van der Waals surface area contributed by atoms with Gasteiger partial charge in [0.2, 0.25) is 5.91 Å². The third-order valence-electron chi connectivity index (χ3n) is 3.81. The van der Waals surface area contributed by atoms with Crippen molar-refractivity contribution in [3.05, 3.63) is 29.3 Å². The van der Waals surface area contributed by atoms with Crippen molar-refractivity contribution >= 4 is 17.4 Å². The maximum absolute atomic E-state index is 12.2.